The molecule has 0 aromatic heterocycles. The summed E-state index contributed by atoms with van der Waals surface area (Å²) in [4.78, 5) is 10.7. The minimum atomic E-state index is -1.19. The van der Waals surface area contributed by atoms with E-state index >= 15 is 0 Å². The molecular weight excluding hydrogens is 148 g/mol. The van der Waals surface area contributed by atoms with Crippen LogP contribution in [0.25, 0.3) is 0 Å². The number of hydrogen-bond donors (Lipinski definition) is 0. The van der Waals surface area contributed by atoms with Crippen molar-refractivity contribution in [1.82, 2.24) is 0 Å². The monoisotopic (exact) mass is 153 g/mol. The molecule has 0 fully saturated rings. The van der Waals surface area contributed by atoms with E-state index < -0.39 is 5.97 Å². The molecule has 0 unspecified atom stereocenters. The smallest absolute Gasteiger partial charge is 0.241 e. The van der Waals surface area contributed by atoms with Crippen LogP contribution in [-0.4, -0.2) is 10.8 Å². The summed E-state index contributed by atoms with van der Waals surface area (Å²) in [6, 6.07) is 0. The summed E-state index contributed by atoms with van der Waals surface area (Å²) in [6.07, 6.45) is 5.48. The van der Waals surface area contributed by atoms with Crippen molar-refractivity contribution in [2.75, 3.05) is 0 Å². The van der Waals surface area contributed by atoms with Gasteiger partial charge < -0.3 is 0 Å². The molecule has 0 saturated carbocycles. The number of hydrogen-bond acceptors (Lipinski definition) is 2. The summed E-state index contributed by atoms with van der Waals surface area (Å²) >= 11 is 4.76. The molecule has 0 aromatic rings. The van der Waals surface area contributed by atoms with Crippen LogP contribution in [0.15, 0.2) is 23.8 Å². The summed E-state index contributed by atoms with van der Waals surface area (Å²) in [5.74, 6) is -1.19. The van der Waals surface area contributed by atoms with Crippen molar-refractivity contribution in [2.24, 2.45) is 0 Å². The maximum Gasteiger partial charge on any atom is 0.387 e. The topological polar surface area (TPSA) is 37.0 Å². The van der Waals surface area contributed by atoms with Gasteiger partial charge in [-0.15, -0.1) is 0 Å². The van der Waals surface area contributed by atoms with Gasteiger partial charge >= 0.3 is 5.97 Å². The molecule has 1 radical (unpaired) electrons. The molecular formula is C7H5O2S. The Kier molecular flexibility index (Phi) is 1.97. The number of thiocarbonyl (C=S) groups is 1. The van der Waals surface area contributed by atoms with E-state index in [2.05, 4.69) is 0 Å². The molecule has 0 saturated heterocycles. The Morgan fingerprint density at radius 2 is 2.30 bits per heavy atom. The Balaban J connectivity index is 2.91. The van der Waals surface area contributed by atoms with Gasteiger partial charge in [-0.05, 0) is 6.08 Å². The fourth-order valence-corrected chi connectivity index (χ4v) is 0.972. The molecule has 10 heavy (non-hydrogen) atoms. The van der Waals surface area contributed by atoms with E-state index in [0.717, 1.165) is 0 Å². The predicted molar refractivity (Wildman–Crippen MR) is 40.1 cm³/mol. The SMILES string of the molecule is [O]C(=O)C1=CC=CCC1=S. The summed E-state index contributed by atoms with van der Waals surface area (Å²) < 4.78 is 0. The molecule has 0 N–H and O–H groups in total. The van der Waals surface area contributed by atoms with E-state index in [4.69, 9.17) is 12.2 Å². The third-order valence-corrected chi connectivity index (χ3v) is 1.61. The van der Waals surface area contributed by atoms with Crippen molar-refractivity contribution in [2.45, 2.75) is 6.42 Å². The Morgan fingerprint density at radius 3 is 2.70 bits per heavy atom. The quantitative estimate of drug-likeness (QED) is 0.531. The van der Waals surface area contributed by atoms with Crippen molar-refractivity contribution < 1.29 is 9.90 Å². The van der Waals surface area contributed by atoms with Gasteiger partial charge in [-0.2, -0.15) is 0 Å². The van der Waals surface area contributed by atoms with Crippen LogP contribution in [0.1, 0.15) is 6.42 Å². The molecule has 0 bridgehead atoms. The van der Waals surface area contributed by atoms with E-state index in [1.165, 1.54) is 6.08 Å². The van der Waals surface area contributed by atoms with E-state index in [1.807, 2.05) is 6.08 Å². The van der Waals surface area contributed by atoms with Gasteiger partial charge in [0.15, 0.2) is 0 Å². The third-order valence-electron chi connectivity index (χ3n) is 1.22. The van der Waals surface area contributed by atoms with Crippen molar-refractivity contribution in [1.29, 1.82) is 0 Å². The largest absolute Gasteiger partial charge is 0.387 e. The highest BCUT2D eigenvalue weighted by molar-refractivity contribution is 7.81. The van der Waals surface area contributed by atoms with Crippen LogP contribution in [0.5, 0.6) is 0 Å². The van der Waals surface area contributed by atoms with Crippen molar-refractivity contribution in [3.8, 4) is 0 Å². The minimum Gasteiger partial charge on any atom is -0.241 e. The summed E-state index contributed by atoms with van der Waals surface area (Å²) in [6.45, 7) is 0. The molecule has 51 valence electrons. The minimum absolute atomic E-state index is 0.137. The van der Waals surface area contributed by atoms with Gasteiger partial charge in [0.05, 0.1) is 5.57 Å². The first-order valence-electron chi connectivity index (χ1n) is 2.83. The van der Waals surface area contributed by atoms with E-state index in [0.29, 0.717) is 11.3 Å². The highest BCUT2D eigenvalue weighted by Crippen LogP contribution is 2.09. The standard InChI is InChI=1S/C7H5O2S/c8-7(9)5-3-1-2-4-6(5)10/h1-3H,4H2. The molecule has 2 nitrogen and oxygen atoms in total. The fraction of sp³-hybridized carbons (Fsp3) is 0.143. The van der Waals surface area contributed by atoms with Crippen LogP contribution in [0.3, 0.4) is 0 Å². The van der Waals surface area contributed by atoms with E-state index in [1.54, 1.807) is 6.08 Å². The molecule has 0 atom stereocenters. The molecule has 0 spiro atoms. The van der Waals surface area contributed by atoms with Gasteiger partial charge in [-0.1, -0.05) is 24.4 Å². The number of allylic oxidation sites excluding steroid dienone is 3. The second kappa shape index (κ2) is 2.75. The van der Waals surface area contributed by atoms with Gasteiger partial charge in [-0.3, -0.25) is 0 Å². The molecule has 0 aromatic carbocycles. The predicted octanol–water partition coefficient (Wildman–Crippen LogP) is 1.20. The Labute approximate surface area is 63.9 Å². The molecule has 0 aliphatic heterocycles. The zero-order valence-corrected chi connectivity index (χ0v) is 5.98. The first-order valence-corrected chi connectivity index (χ1v) is 3.24. The Hall–Kier alpha value is -0.960. The van der Waals surface area contributed by atoms with Gasteiger partial charge in [0.2, 0.25) is 0 Å². The second-order valence-corrected chi connectivity index (χ2v) is 2.42. The normalized spacial score (nSPS) is 16.8. The molecule has 1 aliphatic rings. The zero-order valence-electron chi connectivity index (χ0n) is 5.16. The lowest BCUT2D eigenvalue weighted by atomic mass is 10.1. The zero-order chi connectivity index (χ0) is 7.56. The maximum atomic E-state index is 10.3. The summed E-state index contributed by atoms with van der Waals surface area (Å²) in [5, 5.41) is 10.3. The lowest BCUT2D eigenvalue weighted by Gasteiger charge is -2.02. The molecule has 1 aliphatic carbocycles. The highest BCUT2D eigenvalue weighted by Gasteiger charge is 2.14. The van der Waals surface area contributed by atoms with Crippen LogP contribution in [0, 0.1) is 0 Å². The Bertz CT molecular complexity index is 238. The van der Waals surface area contributed by atoms with Crippen LogP contribution in [0.2, 0.25) is 0 Å². The van der Waals surface area contributed by atoms with Gasteiger partial charge in [0, 0.05) is 11.3 Å². The first kappa shape index (κ1) is 7.15. The van der Waals surface area contributed by atoms with Gasteiger partial charge in [0.25, 0.3) is 0 Å². The molecule has 1 rings (SSSR count). The number of rotatable bonds is 1. The Morgan fingerprint density at radius 1 is 1.60 bits per heavy atom. The van der Waals surface area contributed by atoms with Crippen LogP contribution in [0.4, 0.5) is 0 Å². The highest BCUT2D eigenvalue weighted by atomic mass is 32.1. The third kappa shape index (κ3) is 1.30. The maximum absolute atomic E-state index is 10.3. The average Bonchev–Trinajstić information content (AvgIpc) is 1.88. The van der Waals surface area contributed by atoms with Gasteiger partial charge in [-0.25, -0.2) is 9.90 Å². The van der Waals surface area contributed by atoms with Crippen molar-refractivity contribution >= 4 is 23.1 Å². The molecule has 0 heterocycles. The second-order valence-electron chi connectivity index (χ2n) is 1.92. The summed E-state index contributed by atoms with van der Waals surface area (Å²) in [7, 11) is 0. The average molecular weight is 153 g/mol. The van der Waals surface area contributed by atoms with Crippen LogP contribution < -0.4 is 0 Å². The van der Waals surface area contributed by atoms with Gasteiger partial charge in [0.1, 0.15) is 0 Å². The molecule has 3 heteroatoms. The van der Waals surface area contributed by atoms with Crippen LogP contribution in [-0.2, 0) is 9.90 Å². The van der Waals surface area contributed by atoms with Crippen molar-refractivity contribution in [3.05, 3.63) is 23.8 Å². The van der Waals surface area contributed by atoms with Crippen LogP contribution >= 0.6 is 12.2 Å². The first-order chi connectivity index (χ1) is 4.72. The van der Waals surface area contributed by atoms with Crippen molar-refractivity contribution in [3.63, 3.8) is 0 Å². The summed E-state index contributed by atoms with van der Waals surface area (Å²) in [5.41, 5.74) is 0.137. The van der Waals surface area contributed by atoms with E-state index in [-0.39, 0.29) is 5.57 Å². The van der Waals surface area contributed by atoms with E-state index in [9.17, 15) is 9.90 Å². The molecule has 0 amide bonds. The lowest BCUT2D eigenvalue weighted by Crippen LogP contribution is -2.09. The number of carbonyl (C=O) groups is 1. The lowest BCUT2D eigenvalue weighted by molar-refractivity contribution is -0.137. The number of carbonyl (C=O) groups excluding carboxylic acids is 1. The fourth-order valence-electron chi connectivity index (χ4n) is 0.724.